The number of hydrogen-bond acceptors (Lipinski definition) is 6. The van der Waals surface area contributed by atoms with Crippen molar-refractivity contribution in [1.82, 2.24) is 15.0 Å². The number of aromatic nitrogens is 3. The molecule has 0 aliphatic rings. The van der Waals surface area contributed by atoms with E-state index in [1.807, 2.05) is 19.1 Å². The SMILES string of the molecule is Cc1ccc(-c2nc(O)c(O)c(C(=O)c3ccccc3C)n2)nc1. The van der Waals surface area contributed by atoms with Crippen molar-refractivity contribution in [3.63, 3.8) is 0 Å². The van der Waals surface area contributed by atoms with E-state index >= 15 is 0 Å². The van der Waals surface area contributed by atoms with Crippen LogP contribution in [0.25, 0.3) is 11.5 Å². The summed E-state index contributed by atoms with van der Waals surface area (Å²) in [5.74, 6) is -1.71. The van der Waals surface area contributed by atoms with Crippen molar-refractivity contribution in [1.29, 1.82) is 0 Å². The number of aromatic hydroxyl groups is 2. The maximum atomic E-state index is 12.7. The molecule has 0 aliphatic heterocycles. The van der Waals surface area contributed by atoms with Crippen molar-refractivity contribution in [2.24, 2.45) is 0 Å². The van der Waals surface area contributed by atoms with Gasteiger partial charge in [0.05, 0.1) is 0 Å². The molecule has 2 N–H and O–H groups in total. The van der Waals surface area contributed by atoms with Crippen LogP contribution in [0.4, 0.5) is 0 Å². The van der Waals surface area contributed by atoms with Gasteiger partial charge in [-0.3, -0.25) is 9.78 Å². The molecule has 1 aromatic carbocycles. The van der Waals surface area contributed by atoms with Crippen LogP contribution in [0, 0.1) is 13.8 Å². The van der Waals surface area contributed by atoms with E-state index in [4.69, 9.17) is 0 Å². The fourth-order valence-corrected chi connectivity index (χ4v) is 2.27. The van der Waals surface area contributed by atoms with Gasteiger partial charge in [-0.15, -0.1) is 0 Å². The quantitative estimate of drug-likeness (QED) is 0.720. The van der Waals surface area contributed by atoms with Crippen molar-refractivity contribution in [3.05, 3.63) is 65.0 Å². The van der Waals surface area contributed by atoms with E-state index in [1.165, 1.54) is 0 Å². The van der Waals surface area contributed by atoms with E-state index in [0.717, 1.165) is 11.1 Å². The van der Waals surface area contributed by atoms with Crippen LogP contribution in [-0.4, -0.2) is 30.9 Å². The topological polar surface area (TPSA) is 96.2 Å². The minimum absolute atomic E-state index is 0.0715. The Labute approximate surface area is 138 Å². The van der Waals surface area contributed by atoms with Crippen molar-refractivity contribution >= 4 is 5.78 Å². The van der Waals surface area contributed by atoms with Gasteiger partial charge >= 0.3 is 0 Å². The zero-order valence-corrected chi connectivity index (χ0v) is 13.2. The maximum absolute atomic E-state index is 12.7. The number of rotatable bonds is 3. The van der Waals surface area contributed by atoms with Crippen LogP contribution in [0.1, 0.15) is 27.2 Å². The number of pyridine rings is 1. The van der Waals surface area contributed by atoms with Gasteiger partial charge in [0.2, 0.25) is 11.5 Å². The minimum Gasteiger partial charge on any atom is -0.502 e. The van der Waals surface area contributed by atoms with Gasteiger partial charge in [-0.1, -0.05) is 30.3 Å². The fourth-order valence-electron chi connectivity index (χ4n) is 2.27. The first-order valence-corrected chi connectivity index (χ1v) is 7.30. The van der Waals surface area contributed by atoms with Crippen LogP contribution in [-0.2, 0) is 0 Å². The number of benzene rings is 1. The first kappa shape index (κ1) is 15.6. The zero-order chi connectivity index (χ0) is 17.3. The van der Waals surface area contributed by atoms with E-state index in [0.29, 0.717) is 11.3 Å². The summed E-state index contributed by atoms with van der Waals surface area (Å²) in [5, 5.41) is 19.9. The molecule has 0 radical (unpaired) electrons. The number of nitrogens with zero attached hydrogens (tertiary/aromatic N) is 3. The third kappa shape index (κ3) is 2.81. The molecule has 2 heterocycles. The average Bonchev–Trinajstić information content (AvgIpc) is 2.58. The van der Waals surface area contributed by atoms with Gasteiger partial charge in [-0.05, 0) is 31.0 Å². The lowest BCUT2D eigenvalue weighted by Gasteiger charge is -2.09. The minimum atomic E-state index is -0.653. The molecule has 3 aromatic rings. The summed E-state index contributed by atoms with van der Waals surface area (Å²) in [6.07, 6.45) is 1.63. The summed E-state index contributed by atoms with van der Waals surface area (Å²) in [6, 6.07) is 10.5. The molecule has 0 bridgehead atoms. The Bertz CT molecular complexity index is 921. The summed E-state index contributed by atoms with van der Waals surface area (Å²) in [7, 11) is 0. The van der Waals surface area contributed by atoms with Crippen molar-refractivity contribution in [2.75, 3.05) is 0 Å². The largest absolute Gasteiger partial charge is 0.502 e. The van der Waals surface area contributed by atoms with Gasteiger partial charge in [0, 0.05) is 11.8 Å². The van der Waals surface area contributed by atoms with Crippen LogP contribution in [0.15, 0.2) is 42.6 Å². The number of aryl methyl sites for hydroxylation is 2. The van der Waals surface area contributed by atoms with Gasteiger partial charge < -0.3 is 10.2 Å². The number of carbonyl (C=O) groups excluding carboxylic acids is 1. The molecule has 0 aliphatic carbocycles. The van der Waals surface area contributed by atoms with Crippen molar-refractivity contribution in [3.8, 4) is 23.1 Å². The van der Waals surface area contributed by atoms with Gasteiger partial charge in [0.1, 0.15) is 5.69 Å². The highest BCUT2D eigenvalue weighted by atomic mass is 16.3. The molecule has 0 saturated heterocycles. The van der Waals surface area contributed by atoms with Gasteiger partial charge in [-0.25, -0.2) is 4.98 Å². The molecule has 0 unspecified atom stereocenters. The first-order chi connectivity index (χ1) is 11.5. The molecule has 0 spiro atoms. The van der Waals surface area contributed by atoms with Crippen LogP contribution in [0.2, 0.25) is 0 Å². The first-order valence-electron chi connectivity index (χ1n) is 7.30. The molecule has 2 aromatic heterocycles. The molecule has 6 heteroatoms. The highest BCUT2D eigenvalue weighted by molar-refractivity contribution is 6.10. The molecule has 0 atom stereocenters. The highest BCUT2D eigenvalue weighted by Gasteiger charge is 2.22. The average molecular weight is 321 g/mol. The fraction of sp³-hybridized carbons (Fsp3) is 0.111. The molecule has 3 rings (SSSR count). The number of carbonyl (C=O) groups is 1. The van der Waals surface area contributed by atoms with E-state index in [1.54, 1.807) is 37.4 Å². The van der Waals surface area contributed by atoms with Crippen LogP contribution in [0.5, 0.6) is 11.6 Å². The summed E-state index contributed by atoms with van der Waals surface area (Å²) < 4.78 is 0. The highest BCUT2D eigenvalue weighted by Crippen LogP contribution is 2.30. The van der Waals surface area contributed by atoms with Crippen LogP contribution >= 0.6 is 0 Å². The van der Waals surface area contributed by atoms with Gasteiger partial charge in [-0.2, -0.15) is 4.98 Å². The Morgan fingerprint density at radius 3 is 2.42 bits per heavy atom. The third-order valence-corrected chi connectivity index (χ3v) is 3.61. The Morgan fingerprint density at radius 1 is 1.00 bits per heavy atom. The number of ketones is 1. The standard InChI is InChI=1S/C18H15N3O3/c1-10-7-8-13(19-9-10)17-20-14(16(23)18(24)21-17)15(22)12-6-4-3-5-11(12)2/h3-9,23H,1-2H3,(H,20,21,24). The van der Waals surface area contributed by atoms with Gasteiger partial charge in [0.25, 0.3) is 5.88 Å². The van der Waals surface area contributed by atoms with E-state index < -0.39 is 17.4 Å². The Hall–Kier alpha value is -3.28. The second kappa shape index (κ2) is 6.08. The third-order valence-electron chi connectivity index (χ3n) is 3.61. The Balaban J connectivity index is 2.13. The van der Waals surface area contributed by atoms with E-state index in [2.05, 4.69) is 15.0 Å². The van der Waals surface area contributed by atoms with Gasteiger partial charge in [0.15, 0.2) is 11.5 Å². The molecule has 120 valence electrons. The van der Waals surface area contributed by atoms with Crippen LogP contribution in [0.3, 0.4) is 0 Å². The Morgan fingerprint density at radius 2 is 1.75 bits per heavy atom. The lowest BCUT2D eigenvalue weighted by Crippen LogP contribution is -2.08. The summed E-state index contributed by atoms with van der Waals surface area (Å²) >= 11 is 0. The van der Waals surface area contributed by atoms with E-state index in [9.17, 15) is 15.0 Å². The maximum Gasteiger partial charge on any atom is 0.258 e. The lowest BCUT2D eigenvalue weighted by molar-refractivity contribution is 0.103. The predicted octanol–water partition coefficient (Wildman–Crippen LogP) is 2.80. The second-order valence-electron chi connectivity index (χ2n) is 5.43. The molecule has 6 nitrogen and oxygen atoms in total. The molecule has 0 fully saturated rings. The molecule has 0 saturated carbocycles. The molecular weight excluding hydrogens is 306 g/mol. The summed E-state index contributed by atoms with van der Waals surface area (Å²) in [6.45, 7) is 3.67. The number of hydrogen-bond donors (Lipinski definition) is 2. The Kier molecular flexibility index (Phi) is 3.95. The van der Waals surface area contributed by atoms with E-state index in [-0.39, 0.29) is 11.5 Å². The van der Waals surface area contributed by atoms with Crippen LogP contribution < -0.4 is 0 Å². The second-order valence-corrected chi connectivity index (χ2v) is 5.43. The molecule has 24 heavy (non-hydrogen) atoms. The predicted molar refractivity (Wildman–Crippen MR) is 87.9 cm³/mol. The molecular formula is C18H15N3O3. The van der Waals surface area contributed by atoms with Crippen molar-refractivity contribution < 1.29 is 15.0 Å². The summed E-state index contributed by atoms with van der Waals surface area (Å²) in [4.78, 5) is 24.8. The molecule has 0 amide bonds. The monoisotopic (exact) mass is 321 g/mol. The normalized spacial score (nSPS) is 10.6. The zero-order valence-electron chi connectivity index (χ0n) is 13.2. The smallest absolute Gasteiger partial charge is 0.258 e. The summed E-state index contributed by atoms with van der Waals surface area (Å²) in [5.41, 5.74) is 2.24. The van der Waals surface area contributed by atoms with Crippen molar-refractivity contribution in [2.45, 2.75) is 13.8 Å². The lowest BCUT2D eigenvalue weighted by atomic mass is 10.0.